The lowest BCUT2D eigenvalue weighted by atomic mass is 9.71. The van der Waals surface area contributed by atoms with E-state index in [1.165, 1.54) is 0 Å². The van der Waals surface area contributed by atoms with Crippen LogP contribution in [0.25, 0.3) is 0 Å². The monoisotopic (exact) mass is 364 g/mol. The molecule has 2 amide bonds. The highest BCUT2D eigenvalue weighted by atomic mass is 16.5. The van der Waals surface area contributed by atoms with E-state index in [1.807, 2.05) is 4.90 Å². The van der Waals surface area contributed by atoms with Crippen molar-refractivity contribution in [3.8, 4) is 0 Å². The summed E-state index contributed by atoms with van der Waals surface area (Å²) in [5.74, 6) is 0.329. The molecule has 9 nitrogen and oxygen atoms in total. The van der Waals surface area contributed by atoms with Crippen molar-refractivity contribution in [3.05, 3.63) is 11.8 Å². The van der Waals surface area contributed by atoms with Crippen LogP contribution in [0.5, 0.6) is 0 Å². The molecule has 0 saturated carbocycles. The van der Waals surface area contributed by atoms with Crippen LogP contribution in [-0.4, -0.2) is 79.0 Å². The van der Waals surface area contributed by atoms with Gasteiger partial charge in [-0.2, -0.15) is 0 Å². The standard InChI is InChI=1S/C17H24N4O5/c22-13-2-5-21(11-17(13)3-1-4-18-16(17)24)15(23)12-10-14(19-26-12)20-6-8-25-9-7-20/h10,13,22H,1-9,11H2,(H,18,24)/t13-,17+/m0/s1. The average molecular weight is 364 g/mol. The third kappa shape index (κ3) is 2.95. The summed E-state index contributed by atoms with van der Waals surface area (Å²) in [5, 5.41) is 17.3. The number of carbonyl (C=O) groups is 2. The molecule has 26 heavy (non-hydrogen) atoms. The Morgan fingerprint density at radius 3 is 2.92 bits per heavy atom. The lowest BCUT2D eigenvalue weighted by molar-refractivity contribution is -0.147. The Morgan fingerprint density at radius 2 is 2.15 bits per heavy atom. The maximum atomic E-state index is 12.9. The van der Waals surface area contributed by atoms with Gasteiger partial charge in [0.2, 0.25) is 11.7 Å². The van der Waals surface area contributed by atoms with Crippen LogP contribution < -0.4 is 10.2 Å². The average Bonchev–Trinajstić information content (AvgIpc) is 3.16. The van der Waals surface area contributed by atoms with E-state index in [9.17, 15) is 14.7 Å². The summed E-state index contributed by atoms with van der Waals surface area (Å²) in [5.41, 5.74) is -0.917. The molecule has 1 spiro atoms. The SMILES string of the molecule is O=C(c1cc(N2CCOCC2)no1)N1CC[C@H](O)[C@@]2(CCCNC2=O)C1. The maximum absolute atomic E-state index is 12.9. The second kappa shape index (κ2) is 6.88. The fourth-order valence-corrected chi connectivity index (χ4v) is 4.08. The first kappa shape index (κ1) is 17.3. The highest BCUT2D eigenvalue weighted by Crippen LogP contribution is 2.37. The van der Waals surface area contributed by atoms with E-state index in [0.717, 1.165) is 6.42 Å². The summed E-state index contributed by atoms with van der Waals surface area (Å²) in [4.78, 5) is 28.9. The van der Waals surface area contributed by atoms with Crippen molar-refractivity contribution in [2.45, 2.75) is 25.4 Å². The van der Waals surface area contributed by atoms with Crippen molar-refractivity contribution in [1.82, 2.24) is 15.4 Å². The molecule has 2 atom stereocenters. The van der Waals surface area contributed by atoms with E-state index in [-0.39, 0.29) is 24.1 Å². The molecule has 3 saturated heterocycles. The summed E-state index contributed by atoms with van der Waals surface area (Å²) < 4.78 is 10.6. The Kier molecular flexibility index (Phi) is 4.58. The van der Waals surface area contributed by atoms with E-state index in [0.29, 0.717) is 58.1 Å². The van der Waals surface area contributed by atoms with Crippen molar-refractivity contribution >= 4 is 17.6 Å². The number of anilines is 1. The van der Waals surface area contributed by atoms with Gasteiger partial charge in [-0.15, -0.1) is 0 Å². The summed E-state index contributed by atoms with van der Waals surface area (Å²) in [6, 6.07) is 1.65. The van der Waals surface area contributed by atoms with Crippen LogP contribution >= 0.6 is 0 Å². The van der Waals surface area contributed by atoms with Gasteiger partial charge in [0.15, 0.2) is 5.82 Å². The highest BCUT2D eigenvalue weighted by Gasteiger charge is 2.51. The predicted molar refractivity (Wildman–Crippen MR) is 90.7 cm³/mol. The first-order valence-corrected chi connectivity index (χ1v) is 9.15. The normalized spacial score (nSPS) is 29.7. The van der Waals surface area contributed by atoms with Crippen LogP contribution in [-0.2, 0) is 9.53 Å². The predicted octanol–water partition coefficient (Wildman–Crippen LogP) is -0.386. The molecule has 3 fully saturated rings. The number of likely N-dealkylation sites (tertiary alicyclic amines) is 1. The molecule has 142 valence electrons. The number of aliphatic hydroxyl groups is 1. The lowest BCUT2D eigenvalue weighted by Gasteiger charge is -2.46. The molecule has 3 aliphatic rings. The zero-order valence-corrected chi connectivity index (χ0v) is 14.6. The minimum Gasteiger partial charge on any atom is -0.392 e. The first-order valence-electron chi connectivity index (χ1n) is 9.15. The van der Waals surface area contributed by atoms with E-state index < -0.39 is 11.5 Å². The van der Waals surface area contributed by atoms with Crippen molar-refractivity contribution in [2.24, 2.45) is 5.41 Å². The van der Waals surface area contributed by atoms with Crippen molar-refractivity contribution in [3.63, 3.8) is 0 Å². The molecule has 0 aliphatic carbocycles. The van der Waals surface area contributed by atoms with Gasteiger partial charge in [-0.1, -0.05) is 5.16 Å². The number of nitrogens with one attached hydrogen (secondary N) is 1. The fraction of sp³-hybridized carbons (Fsp3) is 0.706. The first-order chi connectivity index (χ1) is 12.6. The van der Waals surface area contributed by atoms with Gasteiger partial charge in [-0.25, -0.2) is 0 Å². The molecule has 4 heterocycles. The Labute approximate surface area is 151 Å². The van der Waals surface area contributed by atoms with Gasteiger partial charge in [0.1, 0.15) is 0 Å². The van der Waals surface area contributed by atoms with Crippen LogP contribution in [0, 0.1) is 5.41 Å². The van der Waals surface area contributed by atoms with Crippen LogP contribution in [0.4, 0.5) is 5.82 Å². The molecular formula is C17H24N4O5. The Morgan fingerprint density at radius 1 is 1.35 bits per heavy atom. The number of rotatable bonds is 2. The van der Waals surface area contributed by atoms with E-state index in [2.05, 4.69) is 10.5 Å². The zero-order chi connectivity index (χ0) is 18.1. The second-order valence-electron chi connectivity index (χ2n) is 7.20. The van der Waals surface area contributed by atoms with Crippen LogP contribution in [0.1, 0.15) is 29.8 Å². The number of nitrogens with zero attached hydrogens (tertiary/aromatic N) is 3. The lowest BCUT2D eigenvalue weighted by Crippen LogP contribution is -2.62. The largest absolute Gasteiger partial charge is 0.392 e. The summed E-state index contributed by atoms with van der Waals surface area (Å²) >= 11 is 0. The molecule has 0 radical (unpaired) electrons. The molecule has 3 aliphatic heterocycles. The van der Waals surface area contributed by atoms with Crippen LogP contribution in [0.2, 0.25) is 0 Å². The minimum absolute atomic E-state index is 0.161. The second-order valence-corrected chi connectivity index (χ2v) is 7.20. The summed E-state index contributed by atoms with van der Waals surface area (Å²) in [7, 11) is 0. The number of hydrogen-bond donors (Lipinski definition) is 2. The molecule has 0 unspecified atom stereocenters. The number of aliphatic hydroxyl groups excluding tert-OH is 1. The third-order valence-corrected chi connectivity index (χ3v) is 5.65. The Balaban J connectivity index is 1.49. The van der Waals surface area contributed by atoms with Gasteiger partial charge >= 0.3 is 0 Å². The number of amides is 2. The molecule has 0 aromatic carbocycles. The smallest absolute Gasteiger partial charge is 0.292 e. The number of piperidine rings is 2. The van der Waals surface area contributed by atoms with Crippen molar-refractivity contribution in [1.29, 1.82) is 0 Å². The fourth-order valence-electron chi connectivity index (χ4n) is 4.08. The van der Waals surface area contributed by atoms with Gasteiger partial charge in [0.25, 0.3) is 5.91 Å². The van der Waals surface area contributed by atoms with Crippen molar-refractivity contribution < 1.29 is 24.0 Å². The van der Waals surface area contributed by atoms with Gasteiger partial charge in [-0.3, -0.25) is 9.59 Å². The third-order valence-electron chi connectivity index (χ3n) is 5.65. The van der Waals surface area contributed by atoms with Gasteiger partial charge < -0.3 is 29.5 Å². The quantitative estimate of drug-likeness (QED) is 0.736. The Bertz CT molecular complexity index is 686. The van der Waals surface area contributed by atoms with Crippen LogP contribution in [0.15, 0.2) is 10.6 Å². The summed E-state index contributed by atoms with van der Waals surface area (Å²) in [6.07, 6.45) is 1.03. The van der Waals surface area contributed by atoms with Gasteiger partial charge in [0.05, 0.1) is 24.7 Å². The number of aromatic nitrogens is 1. The molecule has 1 aromatic heterocycles. The number of carbonyl (C=O) groups excluding carboxylic acids is 2. The zero-order valence-electron chi connectivity index (χ0n) is 14.6. The van der Waals surface area contributed by atoms with E-state index in [1.54, 1.807) is 11.0 Å². The van der Waals surface area contributed by atoms with Gasteiger partial charge in [-0.05, 0) is 19.3 Å². The van der Waals surface area contributed by atoms with Crippen molar-refractivity contribution in [2.75, 3.05) is 50.8 Å². The molecule has 2 N–H and O–H groups in total. The Hall–Kier alpha value is -2.13. The number of ether oxygens (including phenoxy) is 1. The number of hydrogen-bond acceptors (Lipinski definition) is 7. The van der Waals surface area contributed by atoms with E-state index >= 15 is 0 Å². The molecular weight excluding hydrogens is 340 g/mol. The van der Waals surface area contributed by atoms with Gasteiger partial charge in [0, 0.05) is 38.8 Å². The van der Waals surface area contributed by atoms with E-state index in [4.69, 9.17) is 9.26 Å². The number of morpholine rings is 1. The molecule has 4 rings (SSSR count). The molecule has 9 heteroatoms. The van der Waals surface area contributed by atoms with Crippen LogP contribution in [0.3, 0.4) is 0 Å². The summed E-state index contributed by atoms with van der Waals surface area (Å²) in [6.45, 7) is 3.87. The topological polar surface area (TPSA) is 108 Å². The molecule has 0 bridgehead atoms. The highest BCUT2D eigenvalue weighted by molar-refractivity contribution is 5.93. The molecule has 1 aromatic rings. The minimum atomic E-state index is -0.917. The maximum Gasteiger partial charge on any atom is 0.292 e.